The van der Waals surface area contributed by atoms with E-state index in [4.69, 9.17) is 9.15 Å². The molecule has 1 fully saturated rings. The first-order valence-corrected chi connectivity index (χ1v) is 6.56. The van der Waals surface area contributed by atoms with Crippen LogP contribution in [0, 0.1) is 6.92 Å². The molecule has 0 bridgehead atoms. The van der Waals surface area contributed by atoms with Crippen LogP contribution in [-0.4, -0.2) is 19.7 Å². The Morgan fingerprint density at radius 1 is 1.28 bits per heavy atom. The Morgan fingerprint density at radius 3 is 2.94 bits per heavy atom. The summed E-state index contributed by atoms with van der Waals surface area (Å²) in [6.07, 6.45) is 2.25. The van der Waals surface area contributed by atoms with Crippen molar-refractivity contribution < 1.29 is 9.15 Å². The maximum atomic E-state index is 5.94. The van der Waals surface area contributed by atoms with E-state index < -0.39 is 0 Å². The van der Waals surface area contributed by atoms with E-state index in [1.54, 1.807) is 0 Å². The molecular formula is C15H19NO2. The third kappa shape index (κ3) is 1.93. The van der Waals surface area contributed by atoms with Crippen molar-refractivity contribution in [3.63, 3.8) is 0 Å². The molecule has 0 spiro atoms. The number of nitrogens with one attached hydrogen (secondary N) is 1. The lowest BCUT2D eigenvalue weighted by atomic mass is 9.95. The minimum absolute atomic E-state index is 0.153. The standard InChI is InChI=1S/C15H19NO2/c1-10-15(12-5-3-4-6-13(12)18-10)14-9-11(16-2)7-8-17-14/h3-6,11,14,16H,7-9H2,1-2H3. The van der Waals surface area contributed by atoms with Gasteiger partial charge in [0.1, 0.15) is 11.3 Å². The molecule has 3 nitrogen and oxygen atoms in total. The molecule has 3 heteroatoms. The number of aryl methyl sites for hydroxylation is 1. The number of para-hydroxylation sites is 1. The topological polar surface area (TPSA) is 34.4 Å². The highest BCUT2D eigenvalue weighted by Crippen LogP contribution is 2.36. The highest BCUT2D eigenvalue weighted by atomic mass is 16.5. The van der Waals surface area contributed by atoms with E-state index in [1.807, 2.05) is 26.1 Å². The first-order valence-electron chi connectivity index (χ1n) is 6.56. The highest BCUT2D eigenvalue weighted by molar-refractivity contribution is 5.82. The summed E-state index contributed by atoms with van der Waals surface area (Å²) in [5.41, 5.74) is 2.19. The second kappa shape index (κ2) is 4.75. The van der Waals surface area contributed by atoms with Crippen LogP contribution in [0.25, 0.3) is 11.0 Å². The zero-order valence-electron chi connectivity index (χ0n) is 10.9. The molecule has 1 N–H and O–H groups in total. The van der Waals surface area contributed by atoms with E-state index in [2.05, 4.69) is 17.4 Å². The van der Waals surface area contributed by atoms with Crippen LogP contribution in [0.4, 0.5) is 0 Å². The van der Waals surface area contributed by atoms with E-state index in [-0.39, 0.29) is 6.10 Å². The van der Waals surface area contributed by atoms with Gasteiger partial charge in [0.05, 0.1) is 6.10 Å². The van der Waals surface area contributed by atoms with Crippen LogP contribution >= 0.6 is 0 Å². The van der Waals surface area contributed by atoms with Crippen LogP contribution in [0.2, 0.25) is 0 Å². The second-order valence-electron chi connectivity index (χ2n) is 4.94. The van der Waals surface area contributed by atoms with Crippen LogP contribution in [0.15, 0.2) is 28.7 Å². The lowest BCUT2D eigenvalue weighted by molar-refractivity contribution is 0.00152. The molecule has 0 saturated carbocycles. The van der Waals surface area contributed by atoms with E-state index in [1.165, 1.54) is 10.9 Å². The minimum Gasteiger partial charge on any atom is -0.461 e. The summed E-state index contributed by atoms with van der Waals surface area (Å²) < 4.78 is 11.8. The van der Waals surface area contributed by atoms with E-state index in [0.29, 0.717) is 6.04 Å². The smallest absolute Gasteiger partial charge is 0.134 e. The molecule has 1 aliphatic heterocycles. The molecule has 1 aliphatic rings. The van der Waals surface area contributed by atoms with Crippen LogP contribution < -0.4 is 5.32 Å². The Kier molecular flexibility index (Phi) is 3.10. The lowest BCUT2D eigenvalue weighted by Crippen LogP contribution is -2.33. The maximum absolute atomic E-state index is 5.94. The van der Waals surface area contributed by atoms with Crippen molar-refractivity contribution >= 4 is 11.0 Å². The van der Waals surface area contributed by atoms with Gasteiger partial charge < -0.3 is 14.5 Å². The number of fused-ring (bicyclic) bond motifs is 1. The Morgan fingerprint density at radius 2 is 2.11 bits per heavy atom. The zero-order valence-corrected chi connectivity index (χ0v) is 10.9. The van der Waals surface area contributed by atoms with Gasteiger partial charge in [-0.1, -0.05) is 18.2 Å². The van der Waals surface area contributed by atoms with Gasteiger partial charge in [0.2, 0.25) is 0 Å². The van der Waals surface area contributed by atoms with Crippen molar-refractivity contribution in [1.82, 2.24) is 5.32 Å². The van der Waals surface area contributed by atoms with Crippen molar-refractivity contribution in [3.8, 4) is 0 Å². The van der Waals surface area contributed by atoms with Crippen LogP contribution in [-0.2, 0) is 4.74 Å². The molecule has 2 heterocycles. The van der Waals surface area contributed by atoms with E-state index in [0.717, 1.165) is 30.8 Å². The average molecular weight is 245 g/mol. The number of furan rings is 1. The SMILES string of the molecule is CNC1CCOC(c2c(C)oc3ccccc23)C1. The molecule has 0 radical (unpaired) electrons. The number of benzene rings is 1. The fourth-order valence-corrected chi connectivity index (χ4v) is 2.85. The van der Waals surface area contributed by atoms with Crippen molar-refractivity contribution in [1.29, 1.82) is 0 Å². The van der Waals surface area contributed by atoms with Crippen LogP contribution in [0.5, 0.6) is 0 Å². The number of hydrogen-bond donors (Lipinski definition) is 1. The van der Waals surface area contributed by atoms with Crippen molar-refractivity contribution in [3.05, 3.63) is 35.6 Å². The summed E-state index contributed by atoms with van der Waals surface area (Å²) in [6.45, 7) is 2.84. The van der Waals surface area contributed by atoms with Gasteiger partial charge >= 0.3 is 0 Å². The van der Waals surface area contributed by atoms with Crippen molar-refractivity contribution in [2.75, 3.05) is 13.7 Å². The predicted octanol–water partition coefficient (Wildman–Crippen LogP) is 3.18. The largest absolute Gasteiger partial charge is 0.461 e. The normalized spacial score (nSPS) is 24.6. The summed E-state index contributed by atoms with van der Waals surface area (Å²) in [7, 11) is 2.02. The summed E-state index contributed by atoms with van der Waals surface area (Å²) in [4.78, 5) is 0. The number of rotatable bonds is 2. The second-order valence-corrected chi connectivity index (χ2v) is 4.94. The maximum Gasteiger partial charge on any atom is 0.134 e. The Labute approximate surface area is 107 Å². The summed E-state index contributed by atoms with van der Waals surface area (Å²) in [5.74, 6) is 0.984. The van der Waals surface area contributed by atoms with Crippen molar-refractivity contribution in [2.24, 2.45) is 0 Å². The number of ether oxygens (including phenoxy) is 1. The van der Waals surface area contributed by atoms with Gasteiger partial charge in [-0.3, -0.25) is 0 Å². The van der Waals surface area contributed by atoms with Gasteiger partial charge in [-0.25, -0.2) is 0 Å². The van der Waals surface area contributed by atoms with Gasteiger partial charge in [0, 0.05) is 23.6 Å². The van der Waals surface area contributed by atoms with Crippen molar-refractivity contribution in [2.45, 2.75) is 31.9 Å². The fourth-order valence-electron chi connectivity index (χ4n) is 2.85. The molecule has 2 aromatic rings. The summed E-state index contributed by atoms with van der Waals surface area (Å²) >= 11 is 0. The van der Waals surface area contributed by atoms with Crippen LogP contribution in [0.1, 0.15) is 30.3 Å². The summed E-state index contributed by atoms with van der Waals surface area (Å²) in [6, 6.07) is 8.74. The lowest BCUT2D eigenvalue weighted by Gasteiger charge is -2.29. The fraction of sp³-hybridized carbons (Fsp3) is 0.467. The number of hydrogen-bond acceptors (Lipinski definition) is 3. The molecule has 1 aromatic heterocycles. The van der Waals surface area contributed by atoms with Gasteiger partial charge in [-0.05, 0) is 32.9 Å². The monoisotopic (exact) mass is 245 g/mol. The van der Waals surface area contributed by atoms with Gasteiger partial charge in [-0.15, -0.1) is 0 Å². The van der Waals surface area contributed by atoms with Gasteiger partial charge in [0.25, 0.3) is 0 Å². The molecule has 3 rings (SSSR count). The highest BCUT2D eigenvalue weighted by Gasteiger charge is 2.27. The Balaban J connectivity index is 2.00. The molecular weight excluding hydrogens is 226 g/mol. The Bertz CT molecular complexity index is 546. The zero-order chi connectivity index (χ0) is 12.5. The van der Waals surface area contributed by atoms with Crippen LogP contribution in [0.3, 0.4) is 0 Å². The van der Waals surface area contributed by atoms with Gasteiger partial charge in [0.15, 0.2) is 0 Å². The van der Waals surface area contributed by atoms with E-state index >= 15 is 0 Å². The molecule has 0 amide bonds. The first-order chi connectivity index (χ1) is 8.79. The minimum atomic E-state index is 0.153. The van der Waals surface area contributed by atoms with Gasteiger partial charge in [-0.2, -0.15) is 0 Å². The summed E-state index contributed by atoms with van der Waals surface area (Å²) in [5, 5.41) is 4.54. The third-order valence-corrected chi connectivity index (χ3v) is 3.83. The molecule has 1 saturated heterocycles. The molecule has 2 atom stereocenters. The molecule has 1 aromatic carbocycles. The molecule has 2 unspecified atom stereocenters. The quantitative estimate of drug-likeness (QED) is 0.882. The third-order valence-electron chi connectivity index (χ3n) is 3.83. The average Bonchev–Trinajstić information content (AvgIpc) is 2.74. The van der Waals surface area contributed by atoms with E-state index in [9.17, 15) is 0 Å². The Hall–Kier alpha value is -1.32. The molecule has 0 aliphatic carbocycles. The molecule has 96 valence electrons. The first kappa shape index (κ1) is 11.8. The predicted molar refractivity (Wildman–Crippen MR) is 71.7 cm³/mol. The molecule has 18 heavy (non-hydrogen) atoms.